The van der Waals surface area contributed by atoms with Gasteiger partial charge in [0.05, 0.1) is 0 Å². The Morgan fingerprint density at radius 1 is 1.45 bits per heavy atom. The first-order valence-corrected chi connectivity index (χ1v) is 7.93. The predicted octanol–water partition coefficient (Wildman–Crippen LogP) is 3.56. The van der Waals surface area contributed by atoms with E-state index >= 15 is 0 Å². The molecule has 1 aromatic heterocycles. The van der Waals surface area contributed by atoms with E-state index in [0.29, 0.717) is 0 Å². The molecule has 2 aromatic rings. The van der Waals surface area contributed by atoms with Crippen LogP contribution in [-0.2, 0) is 17.6 Å². The van der Waals surface area contributed by atoms with Gasteiger partial charge in [-0.15, -0.1) is 0 Å². The van der Waals surface area contributed by atoms with Crippen molar-refractivity contribution in [2.24, 2.45) is 5.92 Å². The van der Waals surface area contributed by atoms with E-state index in [9.17, 15) is 4.79 Å². The van der Waals surface area contributed by atoms with Crippen LogP contribution >= 0.6 is 15.9 Å². The number of nitrogens with one attached hydrogen (secondary N) is 2. The van der Waals surface area contributed by atoms with Gasteiger partial charge in [0.2, 0.25) is 5.91 Å². The van der Waals surface area contributed by atoms with E-state index < -0.39 is 0 Å². The maximum Gasteiger partial charge on any atom is 0.222 e. The van der Waals surface area contributed by atoms with E-state index in [0.717, 1.165) is 23.7 Å². The molecular weight excluding hydrogens is 316 g/mol. The van der Waals surface area contributed by atoms with Gasteiger partial charge in [-0.05, 0) is 43.0 Å². The number of aromatic nitrogens is 1. The lowest BCUT2D eigenvalue weighted by Gasteiger charge is -2.24. The number of hydrogen-bond donors (Lipinski definition) is 2. The van der Waals surface area contributed by atoms with Gasteiger partial charge in [-0.2, -0.15) is 0 Å². The Hall–Kier alpha value is -1.29. The fraction of sp³-hybridized carbons (Fsp3) is 0.438. The van der Waals surface area contributed by atoms with E-state index in [2.05, 4.69) is 44.4 Å². The molecule has 3 rings (SSSR count). The largest absolute Gasteiger partial charge is 0.358 e. The summed E-state index contributed by atoms with van der Waals surface area (Å²) in [5.41, 5.74) is 3.88. The summed E-state index contributed by atoms with van der Waals surface area (Å²) < 4.78 is 1.10. The van der Waals surface area contributed by atoms with Crippen LogP contribution in [0.2, 0.25) is 0 Å². The molecule has 0 bridgehead atoms. The number of aryl methyl sites for hydroxylation is 1. The molecule has 2 N–H and O–H groups in total. The third kappa shape index (κ3) is 2.49. The molecule has 1 atom stereocenters. The molecule has 0 fully saturated rings. The first-order chi connectivity index (χ1) is 9.54. The molecule has 3 nitrogen and oxygen atoms in total. The van der Waals surface area contributed by atoms with E-state index in [1.165, 1.54) is 22.2 Å². The van der Waals surface area contributed by atoms with Crippen LogP contribution in [-0.4, -0.2) is 16.9 Å². The third-order valence-corrected chi connectivity index (χ3v) is 4.51. The van der Waals surface area contributed by atoms with Gasteiger partial charge in [0.15, 0.2) is 0 Å². The zero-order chi connectivity index (χ0) is 14.3. The van der Waals surface area contributed by atoms with Crippen molar-refractivity contribution >= 4 is 32.7 Å². The fourth-order valence-electron chi connectivity index (χ4n) is 2.88. The molecule has 0 saturated carbocycles. The van der Waals surface area contributed by atoms with Crippen LogP contribution in [0.5, 0.6) is 0 Å². The lowest BCUT2D eigenvalue weighted by molar-refractivity contribution is -0.124. The number of benzene rings is 1. The molecule has 1 heterocycles. The van der Waals surface area contributed by atoms with Gasteiger partial charge in [0, 0.05) is 33.0 Å². The van der Waals surface area contributed by atoms with E-state index in [-0.39, 0.29) is 17.9 Å². The summed E-state index contributed by atoms with van der Waals surface area (Å²) in [6, 6.07) is 6.59. The minimum atomic E-state index is 0.0495. The molecule has 0 unspecified atom stereocenters. The van der Waals surface area contributed by atoms with Crippen LogP contribution < -0.4 is 5.32 Å². The quantitative estimate of drug-likeness (QED) is 0.866. The molecule has 1 amide bonds. The maximum absolute atomic E-state index is 11.9. The molecule has 0 saturated heterocycles. The smallest absolute Gasteiger partial charge is 0.222 e. The Morgan fingerprint density at radius 3 is 3.00 bits per heavy atom. The van der Waals surface area contributed by atoms with Crippen LogP contribution in [0, 0.1) is 5.92 Å². The zero-order valence-corrected chi connectivity index (χ0v) is 13.4. The number of carbonyl (C=O) groups is 1. The minimum Gasteiger partial charge on any atom is -0.358 e. The summed E-state index contributed by atoms with van der Waals surface area (Å²) in [6.45, 7) is 3.87. The highest BCUT2D eigenvalue weighted by molar-refractivity contribution is 9.10. The molecular formula is C16H19BrN2O. The molecule has 1 aliphatic carbocycles. The summed E-state index contributed by atoms with van der Waals surface area (Å²) in [4.78, 5) is 15.4. The Bertz CT molecular complexity index is 660. The monoisotopic (exact) mass is 334 g/mol. The molecule has 106 valence electrons. The predicted molar refractivity (Wildman–Crippen MR) is 84.8 cm³/mol. The first kappa shape index (κ1) is 13.7. The van der Waals surface area contributed by atoms with Crippen molar-refractivity contribution in [3.8, 4) is 0 Å². The molecule has 4 heteroatoms. The Labute approximate surface area is 127 Å². The Kier molecular flexibility index (Phi) is 3.59. The van der Waals surface area contributed by atoms with Crippen molar-refractivity contribution in [3.63, 3.8) is 0 Å². The second kappa shape index (κ2) is 5.24. The van der Waals surface area contributed by atoms with Crippen molar-refractivity contribution in [2.45, 2.75) is 39.2 Å². The number of carbonyl (C=O) groups excluding carboxylic acids is 1. The van der Waals surface area contributed by atoms with Crippen molar-refractivity contribution < 1.29 is 4.79 Å². The average Bonchev–Trinajstić information content (AvgIpc) is 2.76. The SMILES string of the molecule is CC(C)C(=O)N[C@H]1CCc2[nH]c3ccc(Br)cc3c2C1. The minimum absolute atomic E-state index is 0.0495. The molecule has 1 aliphatic rings. The highest BCUT2D eigenvalue weighted by Crippen LogP contribution is 2.31. The van der Waals surface area contributed by atoms with E-state index in [1.54, 1.807) is 0 Å². The second-order valence-corrected chi connectivity index (χ2v) is 6.79. The highest BCUT2D eigenvalue weighted by atomic mass is 79.9. The number of hydrogen-bond acceptors (Lipinski definition) is 1. The van der Waals surface area contributed by atoms with Gasteiger partial charge in [0.1, 0.15) is 0 Å². The molecule has 0 radical (unpaired) electrons. The number of rotatable bonds is 2. The summed E-state index contributed by atoms with van der Waals surface area (Å²) in [5.74, 6) is 0.202. The summed E-state index contributed by atoms with van der Waals surface area (Å²) in [6.07, 6.45) is 2.94. The molecule has 0 aliphatic heterocycles. The van der Waals surface area contributed by atoms with Crippen LogP contribution in [0.3, 0.4) is 0 Å². The van der Waals surface area contributed by atoms with Crippen LogP contribution in [0.15, 0.2) is 22.7 Å². The van der Waals surface area contributed by atoms with Crippen molar-refractivity contribution in [1.29, 1.82) is 0 Å². The normalized spacial score (nSPS) is 18.3. The van der Waals surface area contributed by atoms with Crippen molar-refractivity contribution in [2.75, 3.05) is 0 Å². The first-order valence-electron chi connectivity index (χ1n) is 7.14. The number of aromatic amines is 1. The lowest BCUT2D eigenvalue weighted by atomic mass is 9.91. The van der Waals surface area contributed by atoms with Crippen LogP contribution in [0.4, 0.5) is 0 Å². The summed E-state index contributed by atoms with van der Waals surface area (Å²) in [5, 5.41) is 4.44. The van der Waals surface area contributed by atoms with Crippen molar-refractivity contribution in [1.82, 2.24) is 10.3 Å². The number of fused-ring (bicyclic) bond motifs is 3. The lowest BCUT2D eigenvalue weighted by Crippen LogP contribution is -2.40. The van der Waals surface area contributed by atoms with Gasteiger partial charge in [-0.1, -0.05) is 29.8 Å². The number of H-pyrrole nitrogens is 1. The molecule has 20 heavy (non-hydrogen) atoms. The molecule has 1 aromatic carbocycles. The fourth-order valence-corrected chi connectivity index (χ4v) is 3.24. The maximum atomic E-state index is 11.9. The number of halogens is 1. The van der Waals surface area contributed by atoms with Gasteiger partial charge >= 0.3 is 0 Å². The third-order valence-electron chi connectivity index (χ3n) is 4.02. The average molecular weight is 335 g/mol. The standard InChI is InChI=1S/C16H19BrN2O/c1-9(2)16(20)18-11-4-6-15-13(8-11)12-7-10(17)3-5-14(12)19-15/h3,5,7,9,11,19H,4,6,8H2,1-2H3,(H,18,20)/t11-/m0/s1. The van der Waals surface area contributed by atoms with Gasteiger partial charge in [0.25, 0.3) is 0 Å². The van der Waals surface area contributed by atoms with Crippen LogP contribution in [0.1, 0.15) is 31.5 Å². The highest BCUT2D eigenvalue weighted by Gasteiger charge is 2.24. The summed E-state index contributed by atoms with van der Waals surface area (Å²) >= 11 is 3.54. The van der Waals surface area contributed by atoms with Crippen LogP contribution in [0.25, 0.3) is 10.9 Å². The topological polar surface area (TPSA) is 44.9 Å². The van der Waals surface area contributed by atoms with Crippen molar-refractivity contribution in [3.05, 3.63) is 33.9 Å². The van der Waals surface area contributed by atoms with Gasteiger partial charge < -0.3 is 10.3 Å². The zero-order valence-electron chi connectivity index (χ0n) is 11.8. The van der Waals surface area contributed by atoms with Gasteiger partial charge in [-0.3, -0.25) is 4.79 Å². The van der Waals surface area contributed by atoms with E-state index in [1.807, 2.05) is 13.8 Å². The number of amides is 1. The summed E-state index contributed by atoms with van der Waals surface area (Å²) in [7, 11) is 0. The Balaban J connectivity index is 1.88. The Morgan fingerprint density at radius 2 is 2.25 bits per heavy atom. The van der Waals surface area contributed by atoms with Gasteiger partial charge in [-0.25, -0.2) is 0 Å². The van der Waals surface area contributed by atoms with E-state index in [4.69, 9.17) is 0 Å². The second-order valence-electron chi connectivity index (χ2n) is 5.88. The molecule has 0 spiro atoms.